The van der Waals surface area contributed by atoms with E-state index in [0.717, 1.165) is 6.07 Å². The lowest BCUT2D eigenvalue weighted by atomic mass is 10.2. The lowest BCUT2D eigenvalue weighted by molar-refractivity contribution is -0.0129. The molecule has 1 atom stereocenters. The number of carbonyl (C=O) groups is 1. The fourth-order valence-corrected chi connectivity index (χ4v) is 1.36. The average molecular weight is 272 g/mol. The number of aliphatic hydroxyl groups excluding tert-OH is 1. The van der Waals surface area contributed by atoms with Crippen LogP contribution >= 0.6 is 0 Å². The van der Waals surface area contributed by atoms with E-state index in [9.17, 15) is 14.3 Å². The molecule has 0 saturated heterocycles. The number of hydrogen-bond donors (Lipinski definition) is 2. The number of para-hydroxylation sites is 1. The Morgan fingerprint density at radius 1 is 1.37 bits per heavy atom. The lowest BCUT2D eigenvalue weighted by Gasteiger charge is -2.15. The predicted molar refractivity (Wildman–Crippen MR) is 65.9 cm³/mol. The van der Waals surface area contributed by atoms with Crippen molar-refractivity contribution in [3.05, 3.63) is 29.6 Å². The molecule has 0 saturated carbocycles. The SMILES string of the molecule is CC(C)OCC(O)COc1c(F)cccc1C(=O)O. The number of aromatic carboxylic acids is 1. The fraction of sp³-hybridized carbons (Fsp3) is 0.462. The molecular weight excluding hydrogens is 255 g/mol. The highest BCUT2D eigenvalue weighted by Gasteiger charge is 2.17. The largest absolute Gasteiger partial charge is 0.487 e. The molecule has 0 spiro atoms. The molecule has 0 fully saturated rings. The molecule has 19 heavy (non-hydrogen) atoms. The molecule has 0 radical (unpaired) electrons. The molecule has 0 aliphatic carbocycles. The normalized spacial score (nSPS) is 12.5. The summed E-state index contributed by atoms with van der Waals surface area (Å²) < 4.78 is 23.7. The Labute approximate surface area is 110 Å². The van der Waals surface area contributed by atoms with Crippen molar-refractivity contribution < 1.29 is 28.9 Å². The summed E-state index contributed by atoms with van der Waals surface area (Å²) in [5, 5.41) is 18.5. The molecule has 0 aromatic heterocycles. The Balaban J connectivity index is 2.64. The second-order valence-corrected chi connectivity index (χ2v) is 4.27. The van der Waals surface area contributed by atoms with Crippen LogP contribution in [0.25, 0.3) is 0 Å². The molecule has 1 aromatic rings. The maximum Gasteiger partial charge on any atom is 0.339 e. The number of hydrogen-bond acceptors (Lipinski definition) is 4. The number of rotatable bonds is 7. The number of carboxylic acids is 1. The first-order valence-corrected chi connectivity index (χ1v) is 5.86. The van der Waals surface area contributed by atoms with Crippen molar-refractivity contribution in [2.45, 2.75) is 26.1 Å². The smallest absolute Gasteiger partial charge is 0.339 e. The molecule has 1 aromatic carbocycles. The zero-order valence-electron chi connectivity index (χ0n) is 10.8. The summed E-state index contributed by atoms with van der Waals surface area (Å²) in [6.07, 6.45) is -0.999. The van der Waals surface area contributed by atoms with Gasteiger partial charge in [0.05, 0.1) is 12.7 Å². The minimum Gasteiger partial charge on any atom is -0.487 e. The molecule has 0 aliphatic rings. The minimum absolute atomic E-state index is 0.0362. The van der Waals surface area contributed by atoms with Crippen LogP contribution in [0.5, 0.6) is 5.75 Å². The maximum absolute atomic E-state index is 13.5. The monoisotopic (exact) mass is 272 g/mol. The summed E-state index contributed by atoms with van der Waals surface area (Å²) in [5.41, 5.74) is -0.281. The Morgan fingerprint density at radius 2 is 2.05 bits per heavy atom. The van der Waals surface area contributed by atoms with E-state index in [-0.39, 0.29) is 30.6 Å². The molecule has 1 rings (SSSR count). The van der Waals surface area contributed by atoms with Gasteiger partial charge in [-0.25, -0.2) is 9.18 Å². The van der Waals surface area contributed by atoms with E-state index in [1.165, 1.54) is 12.1 Å². The Kier molecular flexibility index (Phi) is 5.72. The van der Waals surface area contributed by atoms with Gasteiger partial charge in [-0.1, -0.05) is 6.07 Å². The quantitative estimate of drug-likeness (QED) is 0.790. The molecule has 2 N–H and O–H groups in total. The second-order valence-electron chi connectivity index (χ2n) is 4.27. The van der Waals surface area contributed by atoms with Crippen molar-refractivity contribution in [2.24, 2.45) is 0 Å². The zero-order chi connectivity index (χ0) is 14.4. The van der Waals surface area contributed by atoms with Gasteiger partial charge in [-0.15, -0.1) is 0 Å². The number of carboxylic acid groups (broad SMARTS) is 1. The van der Waals surface area contributed by atoms with Crippen LogP contribution in [0.3, 0.4) is 0 Å². The van der Waals surface area contributed by atoms with Gasteiger partial charge in [-0.05, 0) is 26.0 Å². The number of aliphatic hydroxyl groups is 1. The lowest BCUT2D eigenvalue weighted by Crippen LogP contribution is -2.25. The molecule has 0 heterocycles. The zero-order valence-corrected chi connectivity index (χ0v) is 10.8. The van der Waals surface area contributed by atoms with Crippen molar-refractivity contribution in [3.63, 3.8) is 0 Å². The van der Waals surface area contributed by atoms with Gasteiger partial charge in [-0.2, -0.15) is 0 Å². The first kappa shape index (κ1) is 15.4. The van der Waals surface area contributed by atoms with Crippen LogP contribution < -0.4 is 4.74 Å². The molecule has 5 nitrogen and oxygen atoms in total. The topological polar surface area (TPSA) is 76.0 Å². The molecule has 6 heteroatoms. The summed E-state index contributed by atoms with van der Waals surface area (Å²) in [4.78, 5) is 10.9. The Bertz CT molecular complexity index is 433. The Hall–Kier alpha value is -1.66. The van der Waals surface area contributed by atoms with E-state index >= 15 is 0 Å². The third-order valence-corrected chi connectivity index (χ3v) is 2.24. The van der Waals surface area contributed by atoms with Gasteiger partial charge in [0.15, 0.2) is 11.6 Å². The van der Waals surface area contributed by atoms with Crippen LogP contribution in [0, 0.1) is 5.82 Å². The van der Waals surface area contributed by atoms with Gasteiger partial charge in [0.1, 0.15) is 18.3 Å². The van der Waals surface area contributed by atoms with Crippen LogP contribution in [0.1, 0.15) is 24.2 Å². The van der Waals surface area contributed by atoms with E-state index in [4.69, 9.17) is 14.6 Å². The average Bonchev–Trinajstić information content (AvgIpc) is 2.34. The second kappa shape index (κ2) is 7.06. The predicted octanol–water partition coefficient (Wildman–Crippen LogP) is 1.69. The molecule has 106 valence electrons. The highest BCUT2D eigenvalue weighted by Crippen LogP contribution is 2.22. The first-order valence-electron chi connectivity index (χ1n) is 5.86. The molecule has 1 unspecified atom stereocenters. The van der Waals surface area contributed by atoms with Gasteiger partial charge in [-0.3, -0.25) is 0 Å². The minimum atomic E-state index is -1.29. The van der Waals surface area contributed by atoms with E-state index in [0.29, 0.717) is 0 Å². The third-order valence-electron chi connectivity index (χ3n) is 2.24. The number of halogens is 1. The highest BCUT2D eigenvalue weighted by atomic mass is 19.1. The molecule has 0 amide bonds. The van der Waals surface area contributed by atoms with Crippen LogP contribution in [-0.2, 0) is 4.74 Å². The molecular formula is C13H17FO5. The van der Waals surface area contributed by atoms with Crippen molar-refractivity contribution >= 4 is 5.97 Å². The molecule has 0 bridgehead atoms. The third kappa shape index (κ3) is 4.84. The summed E-state index contributed by atoms with van der Waals surface area (Å²) in [5.74, 6) is -2.45. The van der Waals surface area contributed by atoms with Gasteiger partial charge >= 0.3 is 5.97 Å². The van der Waals surface area contributed by atoms with E-state index in [1.807, 2.05) is 13.8 Å². The summed E-state index contributed by atoms with van der Waals surface area (Å²) in [6, 6.07) is 3.61. The molecule has 0 aliphatic heterocycles. The van der Waals surface area contributed by atoms with Gasteiger partial charge < -0.3 is 19.7 Å². The van der Waals surface area contributed by atoms with Gasteiger partial charge in [0, 0.05) is 0 Å². The standard InChI is InChI=1S/C13H17FO5/c1-8(2)18-6-9(15)7-19-12-10(13(16)17)4-3-5-11(12)14/h3-5,8-9,15H,6-7H2,1-2H3,(H,16,17). The summed E-state index contributed by atoms with van der Waals surface area (Å²) >= 11 is 0. The van der Waals surface area contributed by atoms with Crippen LogP contribution in [0.2, 0.25) is 0 Å². The Morgan fingerprint density at radius 3 is 2.63 bits per heavy atom. The summed E-state index contributed by atoms with van der Waals surface area (Å²) in [6.45, 7) is 3.42. The first-order chi connectivity index (χ1) is 8.91. The van der Waals surface area contributed by atoms with Crippen LogP contribution in [0.15, 0.2) is 18.2 Å². The highest BCUT2D eigenvalue weighted by molar-refractivity contribution is 5.90. The fourth-order valence-electron chi connectivity index (χ4n) is 1.36. The van der Waals surface area contributed by atoms with E-state index in [2.05, 4.69) is 0 Å². The van der Waals surface area contributed by atoms with Gasteiger partial charge in [0.2, 0.25) is 0 Å². The van der Waals surface area contributed by atoms with Gasteiger partial charge in [0.25, 0.3) is 0 Å². The summed E-state index contributed by atoms with van der Waals surface area (Å²) in [7, 11) is 0. The van der Waals surface area contributed by atoms with Crippen LogP contribution in [-0.4, -0.2) is 41.6 Å². The maximum atomic E-state index is 13.5. The van der Waals surface area contributed by atoms with Crippen molar-refractivity contribution in [1.29, 1.82) is 0 Å². The van der Waals surface area contributed by atoms with Crippen molar-refractivity contribution in [3.8, 4) is 5.75 Å². The number of ether oxygens (including phenoxy) is 2. The van der Waals surface area contributed by atoms with E-state index < -0.39 is 17.9 Å². The van der Waals surface area contributed by atoms with Crippen LogP contribution in [0.4, 0.5) is 4.39 Å². The van der Waals surface area contributed by atoms with Crippen molar-refractivity contribution in [2.75, 3.05) is 13.2 Å². The van der Waals surface area contributed by atoms with E-state index in [1.54, 1.807) is 0 Å². The van der Waals surface area contributed by atoms with Crippen molar-refractivity contribution in [1.82, 2.24) is 0 Å². The number of benzene rings is 1.